The van der Waals surface area contributed by atoms with Crippen molar-refractivity contribution in [3.8, 4) is 11.5 Å². The summed E-state index contributed by atoms with van der Waals surface area (Å²) < 4.78 is 12.7. The average Bonchev–Trinajstić information content (AvgIpc) is 2.64. The standard InChI is InChI=1S/C21H15BrO2/c22-19-13-12-16-7-2-4-10-18(16)21(19)24-14-23-20-11-5-8-15-6-1-3-9-17(15)20/h1-13H,14H2. The summed E-state index contributed by atoms with van der Waals surface area (Å²) in [6, 6.07) is 26.4. The van der Waals surface area contributed by atoms with Gasteiger partial charge in [-0.1, -0.05) is 66.7 Å². The number of halogens is 1. The predicted molar refractivity (Wildman–Crippen MR) is 102 cm³/mol. The monoisotopic (exact) mass is 378 g/mol. The van der Waals surface area contributed by atoms with Gasteiger partial charge in [0.15, 0.2) is 0 Å². The van der Waals surface area contributed by atoms with E-state index in [-0.39, 0.29) is 6.79 Å². The van der Waals surface area contributed by atoms with Crippen LogP contribution in [-0.2, 0) is 0 Å². The van der Waals surface area contributed by atoms with Gasteiger partial charge in [-0.2, -0.15) is 0 Å². The lowest BCUT2D eigenvalue weighted by atomic mass is 10.1. The summed E-state index contributed by atoms with van der Waals surface area (Å²) in [5, 5.41) is 4.44. The summed E-state index contributed by atoms with van der Waals surface area (Å²) in [7, 11) is 0. The van der Waals surface area contributed by atoms with E-state index < -0.39 is 0 Å². The Labute approximate surface area is 148 Å². The molecule has 0 aliphatic rings. The molecule has 0 bridgehead atoms. The van der Waals surface area contributed by atoms with Crippen LogP contribution in [0.5, 0.6) is 11.5 Å². The van der Waals surface area contributed by atoms with Gasteiger partial charge >= 0.3 is 0 Å². The summed E-state index contributed by atoms with van der Waals surface area (Å²) in [6.07, 6.45) is 0. The molecule has 0 saturated heterocycles. The minimum Gasteiger partial charge on any atom is -0.457 e. The van der Waals surface area contributed by atoms with Crippen LogP contribution in [0.1, 0.15) is 0 Å². The quantitative estimate of drug-likeness (QED) is 0.395. The lowest BCUT2D eigenvalue weighted by molar-refractivity contribution is 0.122. The van der Waals surface area contributed by atoms with Crippen molar-refractivity contribution in [2.75, 3.05) is 6.79 Å². The third-order valence-electron chi connectivity index (χ3n) is 4.00. The maximum atomic E-state index is 5.93. The fraction of sp³-hybridized carbons (Fsp3) is 0.0476. The minimum absolute atomic E-state index is 0.153. The molecule has 4 aromatic carbocycles. The van der Waals surface area contributed by atoms with E-state index in [9.17, 15) is 0 Å². The van der Waals surface area contributed by atoms with E-state index in [0.29, 0.717) is 0 Å². The van der Waals surface area contributed by atoms with Crippen molar-refractivity contribution in [2.45, 2.75) is 0 Å². The van der Waals surface area contributed by atoms with E-state index in [2.05, 4.69) is 46.3 Å². The molecule has 0 aliphatic heterocycles. The van der Waals surface area contributed by atoms with Gasteiger partial charge in [-0.05, 0) is 38.8 Å². The lowest BCUT2D eigenvalue weighted by Crippen LogP contribution is -2.06. The van der Waals surface area contributed by atoms with Gasteiger partial charge in [0.2, 0.25) is 6.79 Å². The number of benzene rings is 4. The van der Waals surface area contributed by atoms with Crippen LogP contribution in [0.25, 0.3) is 21.5 Å². The van der Waals surface area contributed by atoms with Crippen molar-refractivity contribution in [3.63, 3.8) is 0 Å². The zero-order valence-corrected chi connectivity index (χ0v) is 14.5. The van der Waals surface area contributed by atoms with Crippen LogP contribution in [0.2, 0.25) is 0 Å². The van der Waals surface area contributed by atoms with Crippen LogP contribution >= 0.6 is 15.9 Å². The Bertz CT molecular complexity index is 1010. The van der Waals surface area contributed by atoms with Gasteiger partial charge in [-0.25, -0.2) is 0 Å². The van der Waals surface area contributed by atoms with Crippen molar-refractivity contribution in [1.29, 1.82) is 0 Å². The molecule has 0 heterocycles. The van der Waals surface area contributed by atoms with Crippen molar-refractivity contribution in [3.05, 3.63) is 83.3 Å². The number of fused-ring (bicyclic) bond motifs is 2. The summed E-state index contributed by atoms with van der Waals surface area (Å²) in [5.74, 6) is 1.62. The zero-order chi connectivity index (χ0) is 16.4. The summed E-state index contributed by atoms with van der Waals surface area (Å²) in [6.45, 7) is 0.153. The number of hydrogen-bond acceptors (Lipinski definition) is 2. The molecule has 0 radical (unpaired) electrons. The number of rotatable bonds is 4. The number of ether oxygens (including phenoxy) is 2. The SMILES string of the molecule is Brc1ccc2ccccc2c1OCOc1cccc2ccccc12. The van der Waals surface area contributed by atoms with Gasteiger partial charge in [0.05, 0.1) is 4.47 Å². The molecule has 0 atom stereocenters. The van der Waals surface area contributed by atoms with Crippen molar-refractivity contribution < 1.29 is 9.47 Å². The van der Waals surface area contributed by atoms with Crippen molar-refractivity contribution >= 4 is 37.5 Å². The Morgan fingerprint density at radius 1 is 0.625 bits per heavy atom. The van der Waals surface area contributed by atoms with Crippen LogP contribution in [0, 0.1) is 0 Å². The molecule has 0 spiro atoms. The molecule has 0 fully saturated rings. The molecule has 0 amide bonds. The Morgan fingerprint density at radius 3 is 2.12 bits per heavy atom. The molecule has 3 heteroatoms. The highest BCUT2D eigenvalue weighted by atomic mass is 79.9. The second kappa shape index (κ2) is 6.54. The molecule has 0 unspecified atom stereocenters. The average molecular weight is 379 g/mol. The van der Waals surface area contributed by atoms with Crippen molar-refractivity contribution in [1.82, 2.24) is 0 Å². The largest absolute Gasteiger partial charge is 0.457 e. The smallest absolute Gasteiger partial charge is 0.231 e. The van der Waals surface area contributed by atoms with Gasteiger partial charge in [0.1, 0.15) is 11.5 Å². The van der Waals surface area contributed by atoms with E-state index in [0.717, 1.165) is 37.5 Å². The maximum absolute atomic E-state index is 5.93. The Balaban J connectivity index is 1.59. The molecule has 0 saturated carbocycles. The third-order valence-corrected chi connectivity index (χ3v) is 4.62. The number of hydrogen-bond donors (Lipinski definition) is 0. The first-order valence-corrected chi connectivity index (χ1v) is 8.53. The van der Waals surface area contributed by atoms with Gasteiger partial charge in [0.25, 0.3) is 0 Å². The maximum Gasteiger partial charge on any atom is 0.231 e. The van der Waals surface area contributed by atoms with Crippen LogP contribution < -0.4 is 9.47 Å². The first-order valence-electron chi connectivity index (χ1n) is 7.73. The molecule has 0 aromatic heterocycles. The summed E-state index contributed by atoms with van der Waals surface area (Å²) in [5.41, 5.74) is 0. The van der Waals surface area contributed by atoms with E-state index in [1.165, 1.54) is 0 Å². The van der Waals surface area contributed by atoms with Gasteiger partial charge in [0, 0.05) is 10.8 Å². The minimum atomic E-state index is 0.153. The summed E-state index contributed by atoms with van der Waals surface area (Å²) in [4.78, 5) is 0. The Kier molecular flexibility index (Phi) is 4.09. The molecular formula is C21H15BrO2. The molecule has 0 aliphatic carbocycles. The van der Waals surface area contributed by atoms with E-state index in [1.54, 1.807) is 0 Å². The van der Waals surface area contributed by atoms with Crippen LogP contribution in [0.15, 0.2) is 83.3 Å². The van der Waals surface area contributed by atoms with Crippen molar-refractivity contribution in [2.24, 2.45) is 0 Å². The Morgan fingerprint density at radius 2 is 1.29 bits per heavy atom. The fourth-order valence-electron chi connectivity index (χ4n) is 2.84. The predicted octanol–water partition coefficient (Wildman–Crippen LogP) is 6.17. The highest BCUT2D eigenvalue weighted by Gasteiger charge is 2.08. The van der Waals surface area contributed by atoms with Crippen LogP contribution in [0.4, 0.5) is 0 Å². The third kappa shape index (κ3) is 2.83. The van der Waals surface area contributed by atoms with Gasteiger partial charge < -0.3 is 9.47 Å². The molecule has 118 valence electrons. The molecule has 24 heavy (non-hydrogen) atoms. The van der Waals surface area contributed by atoms with E-state index in [4.69, 9.17) is 9.47 Å². The van der Waals surface area contributed by atoms with Crippen LogP contribution in [-0.4, -0.2) is 6.79 Å². The van der Waals surface area contributed by atoms with Gasteiger partial charge in [-0.3, -0.25) is 0 Å². The molecule has 2 nitrogen and oxygen atoms in total. The van der Waals surface area contributed by atoms with E-state index in [1.807, 2.05) is 48.5 Å². The Hall–Kier alpha value is -2.52. The van der Waals surface area contributed by atoms with E-state index >= 15 is 0 Å². The zero-order valence-electron chi connectivity index (χ0n) is 12.9. The molecule has 4 aromatic rings. The highest BCUT2D eigenvalue weighted by molar-refractivity contribution is 9.10. The van der Waals surface area contributed by atoms with Crippen LogP contribution in [0.3, 0.4) is 0 Å². The fourth-order valence-corrected chi connectivity index (χ4v) is 3.30. The van der Waals surface area contributed by atoms with Gasteiger partial charge in [-0.15, -0.1) is 0 Å². The lowest BCUT2D eigenvalue weighted by Gasteiger charge is -2.13. The first-order chi connectivity index (χ1) is 11.8. The molecule has 4 rings (SSSR count). The second-order valence-electron chi connectivity index (χ2n) is 5.48. The summed E-state index contributed by atoms with van der Waals surface area (Å²) >= 11 is 3.56. The molecular weight excluding hydrogens is 364 g/mol. The molecule has 0 N–H and O–H groups in total. The topological polar surface area (TPSA) is 18.5 Å². The normalized spacial score (nSPS) is 10.9. The second-order valence-corrected chi connectivity index (χ2v) is 6.34. The first kappa shape index (κ1) is 15.0. The highest BCUT2D eigenvalue weighted by Crippen LogP contribution is 2.34.